The maximum atomic E-state index is 12.0. The molecule has 1 spiro atoms. The lowest BCUT2D eigenvalue weighted by Gasteiger charge is -2.21. The average molecular weight is 243 g/mol. The fourth-order valence-electron chi connectivity index (χ4n) is 2.87. The van der Waals surface area contributed by atoms with Gasteiger partial charge in [-0.2, -0.15) is 0 Å². The molecule has 1 aromatic carbocycles. The van der Waals surface area contributed by atoms with Gasteiger partial charge in [-0.15, -0.1) is 0 Å². The van der Waals surface area contributed by atoms with E-state index in [4.69, 9.17) is 0 Å². The van der Waals surface area contributed by atoms with E-state index < -0.39 is 0 Å². The Morgan fingerprint density at radius 2 is 2.22 bits per heavy atom. The summed E-state index contributed by atoms with van der Waals surface area (Å²) in [6.45, 7) is 0.789. The maximum absolute atomic E-state index is 12.0. The molecule has 4 heteroatoms. The van der Waals surface area contributed by atoms with Crippen molar-refractivity contribution in [2.24, 2.45) is 4.99 Å². The Bertz CT molecular complexity index is 524. The topological polar surface area (TPSA) is 44.7 Å². The van der Waals surface area contributed by atoms with Crippen LogP contribution in [0.4, 0.5) is 5.69 Å². The van der Waals surface area contributed by atoms with Gasteiger partial charge in [0.05, 0.1) is 11.7 Å². The SMILES string of the molecule is CN(C)C(=O)C1CC2(C=Nc3ccccc32)CN1. The Kier molecular flexibility index (Phi) is 2.48. The third-order valence-electron chi connectivity index (χ3n) is 3.86. The van der Waals surface area contributed by atoms with Gasteiger partial charge in [-0.25, -0.2) is 0 Å². The molecule has 3 rings (SSSR count). The molecule has 94 valence electrons. The molecule has 2 atom stereocenters. The smallest absolute Gasteiger partial charge is 0.239 e. The molecular formula is C14H17N3O. The van der Waals surface area contributed by atoms with E-state index in [1.165, 1.54) is 5.56 Å². The Morgan fingerprint density at radius 1 is 1.44 bits per heavy atom. The molecule has 2 aliphatic heterocycles. The zero-order valence-electron chi connectivity index (χ0n) is 10.7. The predicted octanol–water partition coefficient (Wildman–Crippen LogP) is 1.09. The van der Waals surface area contributed by atoms with E-state index in [1.54, 1.807) is 19.0 Å². The van der Waals surface area contributed by atoms with Gasteiger partial charge in [0.25, 0.3) is 0 Å². The number of carbonyl (C=O) groups is 1. The molecule has 0 saturated carbocycles. The van der Waals surface area contributed by atoms with Gasteiger partial charge >= 0.3 is 0 Å². The summed E-state index contributed by atoms with van der Waals surface area (Å²) in [5.41, 5.74) is 2.19. The van der Waals surface area contributed by atoms with Gasteiger partial charge in [0, 0.05) is 32.3 Å². The minimum Gasteiger partial charge on any atom is -0.347 e. The molecule has 1 saturated heterocycles. The van der Waals surface area contributed by atoms with Gasteiger partial charge in [-0.05, 0) is 18.1 Å². The lowest BCUT2D eigenvalue weighted by Crippen LogP contribution is -2.39. The Hall–Kier alpha value is -1.68. The molecule has 0 radical (unpaired) electrons. The molecule has 1 fully saturated rings. The Balaban J connectivity index is 1.89. The molecule has 2 aliphatic rings. The summed E-state index contributed by atoms with van der Waals surface area (Å²) in [4.78, 5) is 18.1. The first-order valence-corrected chi connectivity index (χ1v) is 6.22. The zero-order valence-corrected chi connectivity index (χ0v) is 10.7. The molecular weight excluding hydrogens is 226 g/mol. The molecule has 18 heavy (non-hydrogen) atoms. The summed E-state index contributed by atoms with van der Waals surface area (Å²) in [5.74, 6) is 0.143. The van der Waals surface area contributed by atoms with Crippen LogP contribution in [0.15, 0.2) is 29.3 Å². The van der Waals surface area contributed by atoms with Gasteiger partial charge in [0.2, 0.25) is 5.91 Å². The van der Waals surface area contributed by atoms with Crippen LogP contribution in [-0.4, -0.2) is 43.7 Å². The Morgan fingerprint density at radius 3 is 3.00 bits per heavy atom. The first-order valence-electron chi connectivity index (χ1n) is 6.22. The highest BCUT2D eigenvalue weighted by Gasteiger charge is 2.45. The van der Waals surface area contributed by atoms with Gasteiger partial charge in [-0.3, -0.25) is 9.79 Å². The number of rotatable bonds is 1. The Labute approximate surface area is 107 Å². The number of amides is 1. The van der Waals surface area contributed by atoms with Crippen molar-refractivity contribution in [1.29, 1.82) is 0 Å². The maximum Gasteiger partial charge on any atom is 0.239 e. The molecule has 1 aromatic rings. The summed E-state index contributed by atoms with van der Waals surface area (Å²) < 4.78 is 0. The van der Waals surface area contributed by atoms with Crippen LogP contribution < -0.4 is 5.32 Å². The normalized spacial score (nSPS) is 28.7. The minimum absolute atomic E-state index is 0.0903. The summed E-state index contributed by atoms with van der Waals surface area (Å²) in [6.07, 6.45) is 2.80. The van der Waals surface area contributed by atoms with Crippen LogP contribution in [0.5, 0.6) is 0 Å². The van der Waals surface area contributed by atoms with Crippen molar-refractivity contribution >= 4 is 17.8 Å². The van der Waals surface area contributed by atoms with E-state index in [0.717, 1.165) is 18.7 Å². The predicted molar refractivity (Wildman–Crippen MR) is 71.4 cm³/mol. The second-order valence-corrected chi connectivity index (χ2v) is 5.30. The van der Waals surface area contributed by atoms with Gasteiger partial charge in [0.15, 0.2) is 0 Å². The fourth-order valence-corrected chi connectivity index (χ4v) is 2.87. The standard InChI is InChI=1S/C14H17N3O/c1-17(2)13(18)12-7-14(9-16-12)8-15-11-6-4-3-5-10(11)14/h3-6,8,12,16H,7,9H2,1-2H3. The highest BCUT2D eigenvalue weighted by molar-refractivity contribution is 5.89. The van der Waals surface area contributed by atoms with Crippen molar-refractivity contribution in [2.45, 2.75) is 17.9 Å². The van der Waals surface area contributed by atoms with Crippen molar-refractivity contribution in [3.63, 3.8) is 0 Å². The molecule has 0 aliphatic carbocycles. The number of aliphatic imine (C=N–C) groups is 1. The van der Waals surface area contributed by atoms with E-state index in [0.29, 0.717) is 0 Å². The molecule has 1 amide bonds. The van der Waals surface area contributed by atoms with Crippen LogP contribution in [0.1, 0.15) is 12.0 Å². The number of para-hydroxylation sites is 1. The third-order valence-corrected chi connectivity index (χ3v) is 3.86. The minimum atomic E-state index is -0.0994. The van der Waals surface area contributed by atoms with Gasteiger partial charge in [-0.1, -0.05) is 18.2 Å². The number of nitrogens with one attached hydrogen (secondary N) is 1. The van der Waals surface area contributed by atoms with Crippen LogP contribution in [0.25, 0.3) is 0 Å². The van der Waals surface area contributed by atoms with Crippen LogP contribution in [0.2, 0.25) is 0 Å². The van der Waals surface area contributed by atoms with Gasteiger partial charge < -0.3 is 10.2 Å². The van der Waals surface area contributed by atoms with Crippen molar-refractivity contribution in [1.82, 2.24) is 10.2 Å². The highest BCUT2D eigenvalue weighted by atomic mass is 16.2. The van der Waals surface area contributed by atoms with Crippen LogP contribution in [0, 0.1) is 0 Å². The number of hydrogen-bond acceptors (Lipinski definition) is 3. The first-order chi connectivity index (χ1) is 8.62. The number of hydrogen-bond donors (Lipinski definition) is 1. The average Bonchev–Trinajstić information content (AvgIpc) is 2.96. The second kappa shape index (κ2) is 3.92. The molecule has 2 heterocycles. The molecule has 2 unspecified atom stereocenters. The fraction of sp³-hybridized carbons (Fsp3) is 0.429. The zero-order chi connectivity index (χ0) is 12.8. The van der Waals surface area contributed by atoms with Crippen molar-refractivity contribution < 1.29 is 4.79 Å². The number of fused-ring (bicyclic) bond motifs is 2. The quantitative estimate of drug-likeness (QED) is 0.802. The van der Waals surface area contributed by atoms with E-state index in [1.807, 2.05) is 24.4 Å². The third kappa shape index (κ3) is 1.56. The van der Waals surface area contributed by atoms with E-state index in [-0.39, 0.29) is 17.4 Å². The lowest BCUT2D eigenvalue weighted by atomic mass is 9.80. The summed E-state index contributed by atoms with van der Waals surface area (Å²) >= 11 is 0. The molecule has 1 N–H and O–H groups in total. The monoisotopic (exact) mass is 243 g/mol. The van der Waals surface area contributed by atoms with Crippen molar-refractivity contribution in [2.75, 3.05) is 20.6 Å². The second-order valence-electron chi connectivity index (χ2n) is 5.30. The molecule has 4 nitrogen and oxygen atoms in total. The van der Waals surface area contributed by atoms with Crippen molar-refractivity contribution in [3.05, 3.63) is 29.8 Å². The van der Waals surface area contributed by atoms with Gasteiger partial charge in [0.1, 0.15) is 0 Å². The largest absolute Gasteiger partial charge is 0.347 e. The van der Waals surface area contributed by atoms with Crippen molar-refractivity contribution in [3.8, 4) is 0 Å². The van der Waals surface area contributed by atoms with E-state index in [9.17, 15) is 4.79 Å². The summed E-state index contributed by atoms with van der Waals surface area (Å²) in [7, 11) is 3.59. The molecule has 0 aromatic heterocycles. The highest BCUT2D eigenvalue weighted by Crippen LogP contribution is 2.42. The van der Waals surface area contributed by atoms with Crippen LogP contribution >= 0.6 is 0 Å². The number of nitrogens with zero attached hydrogens (tertiary/aromatic N) is 2. The first kappa shape index (κ1) is 11.4. The van der Waals surface area contributed by atoms with Crippen LogP contribution in [-0.2, 0) is 10.2 Å². The van der Waals surface area contributed by atoms with E-state index in [2.05, 4.69) is 16.4 Å². The summed E-state index contributed by atoms with van der Waals surface area (Å²) in [5, 5.41) is 3.33. The number of carbonyl (C=O) groups excluding carboxylic acids is 1. The summed E-state index contributed by atoms with van der Waals surface area (Å²) in [6, 6.07) is 8.09. The lowest BCUT2D eigenvalue weighted by molar-refractivity contribution is -0.130. The van der Waals surface area contributed by atoms with E-state index >= 15 is 0 Å². The number of benzene rings is 1. The molecule has 0 bridgehead atoms. The van der Waals surface area contributed by atoms with Crippen LogP contribution in [0.3, 0.4) is 0 Å². The number of likely N-dealkylation sites (N-methyl/N-ethyl adjacent to an activating group) is 1.